The second kappa shape index (κ2) is 10.5. The van der Waals surface area contributed by atoms with Crippen molar-refractivity contribution < 1.29 is 19.5 Å². The summed E-state index contributed by atoms with van der Waals surface area (Å²) in [5.74, 6) is -0.675. The summed E-state index contributed by atoms with van der Waals surface area (Å²) in [5, 5.41) is 11.9. The predicted octanol–water partition coefficient (Wildman–Crippen LogP) is 1.57. The molecule has 0 saturated carbocycles. The van der Waals surface area contributed by atoms with E-state index in [1.807, 2.05) is 44.5 Å². The largest absolute Gasteiger partial charge is 0.480 e. The van der Waals surface area contributed by atoms with Crippen LogP contribution in [0.25, 0.3) is 0 Å². The maximum absolute atomic E-state index is 13.0. The van der Waals surface area contributed by atoms with Gasteiger partial charge in [0.05, 0.1) is 6.54 Å². The summed E-state index contributed by atoms with van der Waals surface area (Å²) < 4.78 is 0. The van der Waals surface area contributed by atoms with Crippen molar-refractivity contribution in [3.8, 4) is 0 Å². The number of nitrogens with zero attached hydrogens (tertiary/aromatic N) is 2. The average Bonchev–Trinajstić information content (AvgIpc) is 2.76. The third-order valence-electron chi connectivity index (χ3n) is 4.86. The van der Waals surface area contributed by atoms with Crippen LogP contribution >= 0.6 is 0 Å². The Morgan fingerprint density at radius 3 is 2.35 bits per heavy atom. The van der Waals surface area contributed by atoms with Crippen LogP contribution in [0.15, 0.2) is 0 Å². The summed E-state index contributed by atoms with van der Waals surface area (Å²) >= 11 is 0. The number of hydrogen-bond donors (Lipinski definition) is 2. The standard InChI is InChI=1S/C19H35N3O4/c1-13(2)11-16(23)20-18(14(3)4)19(26)22-9-6-7-15(8-10-22)21(5)12-17(24)25/h13-15,18H,6-12H2,1-5H3,(H,20,23)(H,24,25). The van der Waals surface area contributed by atoms with Gasteiger partial charge in [0.25, 0.3) is 0 Å². The zero-order valence-corrected chi connectivity index (χ0v) is 16.8. The Morgan fingerprint density at radius 1 is 1.15 bits per heavy atom. The number of carbonyl (C=O) groups is 3. The van der Waals surface area contributed by atoms with E-state index in [-0.39, 0.29) is 36.2 Å². The number of nitrogens with one attached hydrogen (secondary N) is 1. The van der Waals surface area contributed by atoms with E-state index in [0.29, 0.717) is 19.5 Å². The van der Waals surface area contributed by atoms with Gasteiger partial charge in [-0.3, -0.25) is 19.3 Å². The van der Waals surface area contributed by atoms with Gasteiger partial charge in [-0.1, -0.05) is 27.7 Å². The van der Waals surface area contributed by atoms with Gasteiger partial charge in [0.15, 0.2) is 0 Å². The number of hydrogen-bond acceptors (Lipinski definition) is 4. The molecule has 0 aromatic heterocycles. The van der Waals surface area contributed by atoms with Gasteiger partial charge in [-0.25, -0.2) is 0 Å². The third-order valence-corrected chi connectivity index (χ3v) is 4.86. The molecule has 2 amide bonds. The predicted molar refractivity (Wildman–Crippen MR) is 101 cm³/mol. The Bertz CT molecular complexity index is 493. The molecule has 2 unspecified atom stereocenters. The van der Waals surface area contributed by atoms with Gasteiger partial charge in [0.1, 0.15) is 6.04 Å². The van der Waals surface area contributed by atoms with Gasteiger partial charge in [-0.05, 0) is 38.1 Å². The van der Waals surface area contributed by atoms with E-state index in [1.54, 1.807) is 0 Å². The summed E-state index contributed by atoms with van der Waals surface area (Å²) in [6.07, 6.45) is 2.88. The molecule has 26 heavy (non-hydrogen) atoms. The highest BCUT2D eigenvalue weighted by molar-refractivity contribution is 5.88. The van der Waals surface area contributed by atoms with Crippen LogP contribution in [0.1, 0.15) is 53.4 Å². The molecule has 0 bridgehead atoms. The van der Waals surface area contributed by atoms with E-state index in [1.165, 1.54) is 0 Å². The molecule has 1 aliphatic rings. The molecule has 0 aliphatic carbocycles. The van der Waals surface area contributed by atoms with E-state index in [9.17, 15) is 14.4 Å². The number of carboxylic acid groups (broad SMARTS) is 1. The molecule has 0 spiro atoms. The van der Waals surface area contributed by atoms with Gasteiger partial charge in [-0.2, -0.15) is 0 Å². The zero-order valence-electron chi connectivity index (χ0n) is 16.8. The lowest BCUT2D eigenvalue weighted by atomic mass is 10.0. The smallest absolute Gasteiger partial charge is 0.317 e. The van der Waals surface area contributed by atoms with Crippen LogP contribution in [0.5, 0.6) is 0 Å². The van der Waals surface area contributed by atoms with Crippen molar-refractivity contribution in [1.29, 1.82) is 0 Å². The maximum atomic E-state index is 13.0. The van der Waals surface area contributed by atoms with Crippen molar-refractivity contribution in [1.82, 2.24) is 15.1 Å². The molecular weight excluding hydrogens is 334 g/mol. The molecule has 1 saturated heterocycles. The van der Waals surface area contributed by atoms with Gasteiger partial charge in [0.2, 0.25) is 11.8 Å². The van der Waals surface area contributed by atoms with Crippen LogP contribution in [0.2, 0.25) is 0 Å². The second-order valence-corrected chi connectivity index (χ2v) is 8.11. The fourth-order valence-electron chi connectivity index (χ4n) is 3.40. The van der Waals surface area contributed by atoms with Crippen LogP contribution < -0.4 is 5.32 Å². The highest BCUT2D eigenvalue weighted by Crippen LogP contribution is 2.18. The Kier molecular flexibility index (Phi) is 9.05. The number of rotatable bonds is 8. The first-order valence-electron chi connectivity index (χ1n) is 9.62. The first-order chi connectivity index (χ1) is 12.1. The summed E-state index contributed by atoms with van der Waals surface area (Å²) in [6, 6.07) is -0.341. The Morgan fingerprint density at radius 2 is 1.81 bits per heavy atom. The third kappa shape index (κ3) is 7.32. The summed E-state index contributed by atoms with van der Waals surface area (Å²) in [6.45, 7) is 9.11. The van der Waals surface area contributed by atoms with Crippen LogP contribution in [0.3, 0.4) is 0 Å². The monoisotopic (exact) mass is 369 g/mol. The minimum atomic E-state index is -0.836. The minimum absolute atomic E-state index is 0.0124. The number of amides is 2. The first kappa shape index (κ1) is 22.4. The molecule has 0 radical (unpaired) electrons. The molecule has 1 fully saturated rings. The number of carbonyl (C=O) groups excluding carboxylic acids is 2. The normalized spacial score (nSPS) is 19.5. The number of likely N-dealkylation sites (tertiary alicyclic amines) is 1. The second-order valence-electron chi connectivity index (χ2n) is 8.11. The quantitative estimate of drug-likeness (QED) is 0.678. The van der Waals surface area contributed by atoms with Crippen LogP contribution in [-0.4, -0.2) is 71.5 Å². The Labute approximate surface area is 157 Å². The molecule has 150 valence electrons. The van der Waals surface area contributed by atoms with Crippen molar-refractivity contribution in [2.45, 2.75) is 65.5 Å². The highest BCUT2D eigenvalue weighted by atomic mass is 16.4. The first-order valence-corrected chi connectivity index (χ1v) is 9.62. The fraction of sp³-hybridized carbons (Fsp3) is 0.842. The lowest BCUT2D eigenvalue weighted by Gasteiger charge is -2.30. The van der Waals surface area contributed by atoms with Crippen molar-refractivity contribution in [3.63, 3.8) is 0 Å². The van der Waals surface area contributed by atoms with E-state index < -0.39 is 12.0 Å². The summed E-state index contributed by atoms with van der Waals surface area (Å²) in [5.41, 5.74) is 0. The molecule has 7 heteroatoms. The van der Waals surface area contributed by atoms with Gasteiger partial charge >= 0.3 is 5.97 Å². The SMILES string of the molecule is CC(C)CC(=O)NC(C(=O)N1CCCC(N(C)CC(=O)O)CC1)C(C)C. The van der Waals surface area contributed by atoms with Crippen LogP contribution in [-0.2, 0) is 14.4 Å². The highest BCUT2D eigenvalue weighted by Gasteiger charge is 2.31. The van der Waals surface area contributed by atoms with E-state index in [2.05, 4.69) is 5.32 Å². The van der Waals surface area contributed by atoms with E-state index >= 15 is 0 Å². The lowest BCUT2D eigenvalue weighted by molar-refractivity contribution is -0.139. The van der Waals surface area contributed by atoms with Crippen molar-refractivity contribution in [2.75, 3.05) is 26.7 Å². The van der Waals surface area contributed by atoms with E-state index in [0.717, 1.165) is 19.3 Å². The summed E-state index contributed by atoms with van der Waals surface area (Å²) in [4.78, 5) is 39.7. The van der Waals surface area contributed by atoms with Crippen molar-refractivity contribution in [2.24, 2.45) is 11.8 Å². The Hall–Kier alpha value is -1.63. The van der Waals surface area contributed by atoms with Crippen LogP contribution in [0.4, 0.5) is 0 Å². The van der Waals surface area contributed by atoms with E-state index in [4.69, 9.17) is 5.11 Å². The number of likely N-dealkylation sites (N-methyl/N-ethyl adjacent to an activating group) is 1. The molecular formula is C19H35N3O4. The summed E-state index contributed by atoms with van der Waals surface area (Å²) in [7, 11) is 1.82. The van der Waals surface area contributed by atoms with Gasteiger partial charge < -0.3 is 15.3 Å². The van der Waals surface area contributed by atoms with Crippen LogP contribution in [0, 0.1) is 11.8 Å². The topological polar surface area (TPSA) is 90.0 Å². The van der Waals surface area contributed by atoms with Crippen molar-refractivity contribution in [3.05, 3.63) is 0 Å². The minimum Gasteiger partial charge on any atom is -0.480 e. The molecule has 1 rings (SSSR count). The molecule has 0 aromatic rings. The molecule has 2 atom stereocenters. The fourth-order valence-corrected chi connectivity index (χ4v) is 3.40. The van der Waals surface area contributed by atoms with Gasteiger partial charge in [-0.15, -0.1) is 0 Å². The van der Waals surface area contributed by atoms with Crippen molar-refractivity contribution >= 4 is 17.8 Å². The zero-order chi connectivity index (χ0) is 19.9. The molecule has 1 heterocycles. The molecule has 2 N–H and O–H groups in total. The Balaban J connectivity index is 2.68. The lowest BCUT2D eigenvalue weighted by Crippen LogP contribution is -2.51. The average molecular weight is 370 g/mol. The van der Waals surface area contributed by atoms with Gasteiger partial charge in [0, 0.05) is 25.6 Å². The number of aliphatic carboxylic acids is 1. The number of carboxylic acids is 1. The molecule has 0 aromatic carbocycles. The molecule has 7 nitrogen and oxygen atoms in total. The molecule has 1 aliphatic heterocycles. The maximum Gasteiger partial charge on any atom is 0.317 e.